The lowest BCUT2D eigenvalue weighted by atomic mass is 9.44. The largest absolute Gasteiger partial charge is 0.394 e. The maximum absolute atomic E-state index is 12.2. The summed E-state index contributed by atoms with van der Waals surface area (Å²) in [4.78, 5) is 0. The topological polar surface area (TPSA) is 525 Å². The maximum atomic E-state index is 12.2. The molecule has 7 saturated heterocycles. The molecule has 0 spiro atoms. The second-order valence-electron chi connectivity index (χ2n) is 29.1. The second-order valence-corrected chi connectivity index (χ2v) is 29.1. The Labute approximate surface area is 542 Å². The van der Waals surface area contributed by atoms with Crippen LogP contribution in [-0.4, -0.2) is 345 Å². The Morgan fingerprint density at radius 3 is 1.55 bits per heavy atom. The Hall–Kier alpha value is -1.32. The minimum absolute atomic E-state index is 0.0511. The van der Waals surface area contributed by atoms with E-state index in [0.717, 1.165) is 32.1 Å². The molecule has 33 nitrogen and oxygen atoms in total. The van der Waals surface area contributed by atoms with Gasteiger partial charge in [-0.1, -0.05) is 27.7 Å². The minimum Gasteiger partial charge on any atom is -0.394 e. The second kappa shape index (κ2) is 29.6. The number of fused-ring (bicyclic) bond motifs is 7. The normalized spacial score (nSPS) is 55.7. The summed E-state index contributed by atoms with van der Waals surface area (Å²) in [6.07, 6.45) is -46.0. The molecule has 544 valence electrons. The lowest BCUT2D eigenvalue weighted by Gasteiger charge is -2.62. The highest BCUT2D eigenvalue weighted by molar-refractivity contribution is 5.16. The fraction of sp³-hybridized carbons (Fsp3) is 1.00. The van der Waals surface area contributed by atoms with Gasteiger partial charge in [-0.3, -0.25) is 0 Å². The monoisotopic (exact) mass is 1360 g/mol. The van der Waals surface area contributed by atoms with E-state index in [1.54, 1.807) is 0 Å². The summed E-state index contributed by atoms with van der Waals surface area (Å²) in [7, 11) is 0. The molecule has 0 bridgehead atoms. The summed E-state index contributed by atoms with van der Waals surface area (Å²) < 4.78 is 77.3. The van der Waals surface area contributed by atoms with Gasteiger partial charge in [-0.15, -0.1) is 0 Å². The molecule has 20 N–H and O–H groups in total. The average Bonchev–Trinajstić information content (AvgIpc) is 1.49. The van der Waals surface area contributed by atoms with E-state index in [2.05, 4.69) is 20.8 Å². The Morgan fingerprint density at radius 1 is 0.468 bits per heavy atom. The molecule has 4 saturated carbocycles. The molecule has 11 fully saturated rings. The highest BCUT2D eigenvalue weighted by Crippen LogP contribution is 2.71. The van der Waals surface area contributed by atoms with Gasteiger partial charge in [0.2, 0.25) is 0 Å². The first-order valence-corrected chi connectivity index (χ1v) is 33.3. The standard InChI is InChI=1S/C61H102O33/c1-21(18-82-53-46(78)41(73)39(71)32(14-62)86-53)7-10-61(81)22(2)36-31(94-61)12-26-24-6-5-23-11-30(27(66)13-60(23,4)25(24)8-9-59(26,36)3)85-56-47(79)42(74)50(35(17-65)88-56)91-58-52(51(40(72)33(15-63)87-58)92-55-45(77)38(70)29(68)20-84-55)93-57-48(80)43(75)49(34(16-64)89-57)90-54-44(76)37(69)28(67)19-83-54/h21-58,62-81H,5-20H2,1-4H3/t21-,22+,23+,24-,25+,26+,27-,28+,29-,30-,31+,32-,33-,34-,35-,36+,37+,38+,39-,40-,41+,42-,43-,44-,45-,46-,47-,48-,49-,50+,51+,52-,53-,54+,55+,56-,57+,58+,59+,60+,61?/m1/s1. The molecular formula is C61H102O33. The number of ether oxygens (including phenoxy) is 13. The molecule has 11 rings (SSSR count). The van der Waals surface area contributed by atoms with Crippen LogP contribution in [0.1, 0.15) is 85.5 Å². The van der Waals surface area contributed by atoms with Crippen molar-refractivity contribution >= 4 is 0 Å². The fourth-order valence-electron chi connectivity index (χ4n) is 18.1. The maximum Gasteiger partial charge on any atom is 0.187 e. The Bertz CT molecular complexity index is 2440. The molecule has 7 aliphatic heterocycles. The van der Waals surface area contributed by atoms with Gasteiger partial charge >= 0.3 is 0 Å². The van der Waals surface area contributed by atoms with Gasteiger partial charge in [0.25, 0.3) is 0 Å². The van der Waals surface area contributed by atoms with Gasteiger partial charge in [0.1, 0.15) is 134 Å². The first kappa shape index (κ1) is 73.9. The van der Waals surface area contributed by atoms with Gasteiger partial charge in [0, 0.05) is 12.3 Å². The lowest BCUT2D eigenvalue weighted by molar-refractivity contribution is -0.408. The summed E-state index contributed by atoms with van der Waals surface area (Å²) in [6.45, 7) is 4.10. The highest BCUT2D eigenvalue weighted by atomic mass is 16.8. The van der Waals surface area contributed by atoms with Crippen molar-refractivity contribution < 1.29 is 164 Å². The van der Waals surface area contributed by atoms with Crippen molar-refractivity contribution in [2.75, 3.05) is 46.2 Å². The minimum atomic E-state index is -2.18. The van der Waals surface area contributed by atoms with Crippen molar-refractivity contribution in [3.05, 3.63) is 0 Å². The van der Waals surface area contributed by atoms with Crippen molar-refractivity contribution in [3.8, 4) is 0 Å². The van der Waals surface area contributed by atoms with Gasteiger partial charge < -0.3 is 164 Å². The fourth-order valence-corrected chi connectivity index (χ4v) is 18.1. The number of aliphatic hydroxyl groups excluding tert-OH is 19. The van der Waals surface area contributed by atoms with Crippen LogP contribution >= 0.6 is 0 Å². The summed E-state index contributed by atoms with van der Waals surface area (Å²) in [5.41, 5.74) is -0.484. The Kier molecular flexibility index (Phi) is 23.2. The van der Waals surface area contributed by atoms with Crippen LogP contribution < -0.4 is 0 Å². The SMILES string of the molecule is C[C@H](CCC1(O)O[C@H]2C[C@H]3[C@@H]4CC[C@H]5C[C@@H](O[C@@H]6O[C@H](CO)[C@H](O[C@@H]7O[C@H](CO)[C@@H](O)[C@H](O[C@@H]8OC[C@@H](O)[C@H](O)[C@H]8O)[C@H]7O[C@@H]7O[C@H](CO)[C@@H](O[C@@H]8OC[C@H](O)[C@H](O)[C@H]8O)[C@H](O)[C@H]7O)[C@H](O)[C@H]6O)[C@H](O)C[C@]5(C)[C@H]4CC[C@]3(C)[C@H]2[C@@H]1C)CO[C@@H]1O[C@H](CO)[C@@H](O)[C@H](O)[C@H]1O. The summed E-state index contributed by atoms with van der Waals surface area (Å²) in [5, 5.41) is 218. The van der Waals surface area contributed by atoms with E-state index in [0.29, 0.717) is 31.6 Å². The molecule has 33 heteroatoms. The van der Waals surface area contributed by atoms with E-state index in [-0.39, 0.29) is 59.0 Å². The predicted octanol–water partition coefficient (Wildman–Crippen LogP) is -8.06. The van der Waals surface area contributed by atoms with Crippen LogP contribution in [0, 0.1) is 52.3 Å². The number of rotatable bonds is 20. The Balaban J connectivity index is 0.732. The third-order valence-electron chi connectivity index (χ3n) is 23.6. The number of hydrogen-bond acceptors (Lipinski definition) is 33. The number of aliphatic hydroxyl groups is 20. The smallest absolute Gasteiger partial charge is 0.187 e. The van der Waals surface area contributed by atoms with Gasteiger partial charge in [0.05, 0.1) is 64.6 Å². The van der Waals surface area contributed by atoms with Crippen LogP contribution in [0.4, 0.5) is 0 Å². The summed E-state index contributed by atoms with van der Waals surface area (Å²) in [6, 6.07) is 0. The molecule has 0 amide bonds. The highest BCUT2D eigenvalue weighted by Gasteiger charge is 2.69. The van der Waals surface area contributed by atoms with E-state index in [1.807, 2.05) is 6.92 Å². The van der Waals surface area contributed by atoms with Crippen LogP contribution in [0.5, 0.6) is 0 Å². The molecule has 1 unspecified atom stereocenters. The number of hydrogen-bond donors (Lipinski definition) is 20. The average molecular weight is 1360 g/mol. The van der Waals surface area contributed by atoms with Crippen molar-refractivity contribution in [2.45, 2.75) is 282 Å². The van der Waals surface area contributed by atoms with Crippen LogP contribution in [0.25, 0.3) is 0 Å². The zero-order valence-electron chi connectivity index (χ0n) is 53.0. The molecule has 41 atom stereocenters. The zero-order chi connectivity index (χ0) is 67.9. The van der Waals surface area contributed by atoms with Crippen LogP contribution in [0.15, 0.2) is 0 Å². The van der Waals surface area contributed by atoms with E-state index in [1.165, 1.54) is 0 Å². The van der Waals surface area contributed by atoms with Gasteiger partial charge in [-0.2, -0.15) is 0 Å². The summed E-state index contributed by atoms with van der Waals surface area (Å²) >= 11 is 0. The zero-order valence-corrected chi connectivity index (χ0v) is 53.0. The third-order valence-corrected chi connectivity index (χ3v) is 23.6. The van der Waals surface area contributed by atoms with Gasteiger partial charge in [-0.05, 0) is 97.7 Å². The predicted molar refractivity (Wildman–Crippen MR) is 306 cm³/mol. The van der Waals surface area contributed by atoms with Gasteiger partial charge in [0.15, 0.2) is 43.5 Å². The first-order chi connectivity index (χ1) is 44.5. The van der Waals surface area contributed by atoms with E-state index in [9.17, 15) is 102 Å². The van der Waals surface area contributed by atoms with E-state index >= 15 is 0 Å². The molecule has 11 aliphatic rings. The molecule has 0 aromatic rings. The Morgan fingerprint density at radius 2 is 0.968 bits per heavy atom. The molecule has 0 radical (unpaired) electrons. The van der Waals surface area contributed by atoms with Crippen molar-refractivity contribution in [2.24, 2.45) is 52.3 Å². The molecule has 4 aliphatic carbocycles. The molecular weight excluding hydrogens is 1260 g/mol. The van der Waals surface area contributed by atoms with E-state index < -0.39 is 230 Å². The van der Waals surface area contributed by atoms with Crippen molar-refractivity contribution in [1.82, 2.24) is 0 Å². The van der Waals surface area contributed by atoms with Crippen molar-refractivity contribution in [3.63, 3.8) is 0 Å². The van der Waals surface area contributed by atoms with Crippen molar-refractivity contribution in [1.29, 1.82) is 0 Å². The third kappa shape index (κ3) is 13.7. The molecule has 94 heavy (non-hydrogen) atoms. The first-order valence-electron chi connectivity index (χ1n) is 33.3. The lowest BCUT2D eigenvalue weighted by Crippen LogP contribution is -2.69. The van der Waals surface area contributed by atoms with E-state index in [4.69, 9.17) is 61.6 Å². The quantitative estimate of drug-likeness (QED) is 0.0504. The van der Waals surface area contributed by atoms with Gasteiger partial charge in [-0.25, -0.2) is 0 Å². The summed E-state index contributed by atoms with van der Waals surface area (Å²) in [5.74, 6) is -0.800. The molecule has 7 heterocycles. The van der Waals surface area contributed by atoms with Crippen LogP contribution in [0.3, 0.4) is 0 Å². The van der Waals surface area contributed by atoms with Crippen LogP contribution in [0.2, 0.25) is 0 Å². The molecule has 0 aromatic heterocycles. The van der Waals surface area contributed by atoms with Crippen LogP contribution in [-0.2, 0) is 61.6 Å². The molecule has 0 aromatic carbocycles.